The summed E-state index contributed by atoms with van der Waals surface area (Å²) in [6, 6.07) is 0.832. The molecule has 5 heteroatoms. The van der Waals surface area contributed by atoms with Crippen LogP contribution in [0.4, 0.5) is 0 Å². The van der Waals surface area contributed by atoms with Gasteiger partial charge in [0.05, 0.1) is 12.6 Å². The Kier molecular flexibility index (Phi) is 5.16. The topological polar surface area (TPSA) is 50.5 Å². The molecule has 1 aromatic heterocycles. The Morgan fingerprint density at radius 3 is 2.59 bits per heavy atom. The molecule has 3 rings (SSSR count). The SMILES string of the molecule is Cc1cnc(C2CCN(C3CCOCC3)CC2)n1[C@H](C)CO. The molecule has 0 spiro atoms. The molecule has 3 heterocycles. The molecule has 0 aromatic carbocycles. The van der Waals surface area contributed by atoms with E-state index in [-0.39, 0.29) is 12.6 Å². The summed E-state index contributed by atoms with van der Waals surface area (Å²) in [4.78, 5) is 7.31. The number of aliphatic hydroxyl groups excluding tert-OH is 1. The second-order valence-corrected chi connectivity index (χ2v) is 6.81. The summed E-state index contributed by atoms with van der Waals surface area (Å²) in [5.74, 6) is 1.70. The number of ether oxygens (including phenoxy) is 1. The molecule has 22 heavy (non-hydrogen) atoms. The molecule has 2 fully saturated rings. The van der Waals surface area contributed by atoms with Crippen LogP contribution in [0.3, 0.4) is 0 Å². The molecule has 0 bridgehead atoms. The number of likely N-dealkylation sites (tertiary alicyclic amines) is 1. The highest BCUT2D eigenvalue weighted by molar-refractivity contribution is 5.11. The Hall–Kier alpha value is -0.910. The lowest BCUT2D eigenvalue weighted by molar-refractivity contribution is 0.0246. The van der Waals surface area contributed by atoms with E-state index in [1.165, 1.54) is 31.5 Å². The Morgan fingerprint density at radius 2 is 1.95 bits per heavy atom. The maximum Gasteiger partial charge on any atom is 0.112 e. The highest BCUT2D eigenvalue weighted by atomic mass is 16.5. The van der Waals surface area contributed by atoms with Crippen LogP contribution in [0, 0.1) is 6.92 Å². The number of aryl methyl sites for hydroxylation is 1. The second-order valence-electron chi connectivity index (χ2n) is 6.81. The number of hydrogen-bond donors (Lipinski definition) is 1. The van der Waals surface area contributed by atoms with Crippen molar-refractivity contribution in [3.05, 3.63) is 17.7 Å². The third-order valence-electron chi connectivity index (χ3n) is 5.32. The number of hydrogen-bond acceptors (Lipinski definition) is 4. The highest BCUT2D eigenvalue weighted by Gasteiger charge is 2.29. The van der Waals surface area contributed by atoms with Gasteiger partial charge in [0, 0.05) is 37.1 Å². The smallest absolute Gasteiger partial charge is 0.112 e. The zero-order chi connectivity index (χ0) is 15.5. The minimum absolute atomic E-state index is 0.117. The molecular formula is C17H29N3O2. The summed E-state index contributed by atoms with van der Waals surface area (Å²) in [5, 5.41) is 9.50. The van der Waals surface area contributed by atoms with Gasteiger partial charge in [-0.15, -0.1) is 0 Å². The molecular weight excluding hydrogens is 278 g/mol. The van der Waals surface area contributed by atoms with Crippen LogP contribution in [0.25, 0.3) is 0 Å². The number of nitrogens with zero attached hydrogens (tertiary/aromatic N) is 3. The van der Waals surface area contributed by atoms with Gasteiger partial charge in [-0.2, -0.15) is 0 Å². The third kappa shape index (κ3) is 3.21. The van der Waals surface area contributed by atoms with E-state index in [4.69, 9.17) is 4.74 Å². The van der Waals surface area contributed by atoms with Gasteiger partial charge in [-0.1, -0.05) is 0 Å². The van der Waals surface area contributed by atoms with E-state index in [9.17, 15) is 5.11 Å². The first-order valence-corrected chi connectivity index (χ1v) is 8.67. The van der Waals surface area contributed by atoms with Crippen molar-refractivity contribution in [2.24, 2.45) is 0 Å². The van der Waals surface area contributed by atoms with Gasteiger partial charge in [0.15, 0.2) is 0 Å². The van der Waals surface area contributed by atoms with Crippen molar-refractivity contribution in [3.63, 3.8) is 0 Å². The summed E-state index contributed by atoms with van der Waals surface area (Å²) < 4.78 is 7.71. The monoisotopic (exact) mass is 307 g/mol. The molecule has 2 aliphatic rings. The molecule has 2 aliphatic heterocycles. The summed E-state index contributed by atoms with van der Waals surface area (Å²) >= 11 is 0. The van der Waals surface area contributed by atoms with E-state index in [2.05, 4.69) is 28.3 Å². The maximum atomic E-state index is 9.50. The maximum absolute atomic E-state index is 9.50. The molecule has 1 N–H and O–H groups in total. The van der Waals surface area contributed by atoms with Crippen molar-refractivity contribution in [1.29, 1.82) is 0 Å². The second kappa shape index (κ2) is 7.11. The van der Waals surface area contributed by atoms with Gasteiger partial charge in [0.2, 0.25) is 0 Å². The number of imidazole rings is 1. The highest BCUT2D eigenvalue weighted by Crippen LogP contribution is 2.31. The van der Waals surface area contributed by atoms with E-state index >= 15 is 0 Å². The van der Waals surface area contributed by atoms with E-state index in [1.54, 1.807) is 0 Å². The number of aromatic nitrogens is 2. The lowest BCUT2D eigenvalue weighted by Crippen LogP contribution is -2.44. The Morgan fingerprint density at radius 1 is 1.27 bits per heavy atom. The van der Waals surface area contributed by atoms with Gasteiger partial charge in [-0.3, -0.25) is 0 Å². The summed E-state index contributed by atoms with van der Waals surface area (Å²) in [5.41, 5.74) is 1.16. The number of aliphatic hydroxyl groups is 1. The summed E-state index contributed by atoms with van der Waals surface area (Å²) in [6.45, 7) is 8.48. The third-order valence-corrected chi connectivity index (χ3v) is 5.32. The van der Waals surface area contributed by atoms with Crippen molar-refractivity contribution in [2.45, 2.75) is 57.5 Å². The van der Waals surface area contributed by atoms with E-state index < -0.39 is 0 Å². The van der Waals surface area contributed by atoms with Crippen molar-refractivity contribution >= 4 is 0 Å². The van der Waals surface area contributed by atoms with Crippen LogP contribution in [0.5, 0.6) is 0 Å². The molecule has 2 saturated heterocycles. The van der Waals surface area contributed by atoms with Crippen LogP contribution in [-0.2, 0) is 4.74 Å². The van der Waals surface area contributed by atoms with Crippen LogP contribution < -0.4 is 0 Å². The van der Waals surface area contributed by atoms with Crippen LogP contribution in [0.2, 0.25) is 0 Å². The molecule has 0 radical (unpaired) electrons. The normalized spacial score (nSPS) is 23.8. The fraction of sp³-hybridized carbons (Fsp3) is 0.824. The molecule has 0 saturated carbocycles. The minimum Gasteiger partial charge on any atom is -0.394 e. The molecule has 1 aromatic rings. The molecule has 0 amide bonds. The van der Waals surface area contributed by atoms with Gasteiger partial charge >= 0.3 is 0 Å². The number of rotatable bonds is 4. The van der Waals surface area contributed by atoms with Crippen molar-refractivity contribution in [3.8, 4) is 0 Å². The van der Waals surface area contributed by atoms with Crippen LogP contribution >= 0.6 is 0 Å². The first-order valence-electron chi connectivity index (χ1n) is 8.67. The van der Waals surface area contributed by atoms with E-state index in [0.717, 1.165) is 32.0 Å². The average molecular weight is 307 g/mol. The fourth-order valence-electron chi connectivity index (χ4n) is 3.99. The van der Waals surface area contributed by atoms with Gasteiger partial charge < -0.3 is 19.3 Å². The molecule has 0 unspecified atom stereocenters. The fourth-order valence-corrected chi connectivity index (χ4v) is 3.99. The van der Waals surface area contributed by atoms with Crippen LogP contribution in [-0.4, -0.2) is 58.5 Å². The number of piperidine rings is 1. The Labute approximate surface area is 133 Å². The zero-order valence-electron chi connectivity index (χ0n) is 13.9. The predicted molar refractivity (Wildman–Crippen MR) is 86.1 cm³/mol. The van der Waals surface area contributed by atoms with Gasteiger partial charge in [-0.05, 0) is 52.6 Å². The first-order chi connectivity index (χ1) is 10.7. The standard InChI is InChI=1S/C17H29N3O2/c1-13-11-18-17(20(13)14(2)12-21)15-3-7-19(8-4-15)16-5-9-22-10-6-16/h11,14-16,21H,3-10,12H2,1-2H3/t14-/m1/s1. The van der Waals surface area contributed by atoms with Crippen LogP contribution in [0.15, 0.2) is 6.20 Å². The van der Waals surface area contributed by atoms with Crippen molar-refractivity contribution in [2.75, 3.05) is 32.9 Å². The Bertz CT molecular complexity index is 474. The molecule has 124 valence electrons. The predicted octanol–water partition coefficient (Wildman–Crippen LogP) is 2.10. The Balaban J connectivity index is 1.64. The lowest BCUT2D eigenvalue weighted by atomic mass is 9.93. The lowest BCUT2D eigenvalue weighted by Gasteiger charge is -2.39. The summed E-state index contributed by atoms with van der Waals surface area (Å²) in [6.07, 6.45) is 6.66. The molecule has 1 atom stereocenters. The summed E-state index contributed by atoms with van der Waals surface area (Å²) in [7, 11) is 0. The van der Waals surface area contributed by atoms with E-state index in [0.29, 0.717) is 12.0 Å². The van der Waals surface area contributed by atoms with E-state index in [1.807, 2.05) is 6.20 Å². The van der Waals surface area contributed by atoms with Crippen molar-refractivity contribution < 1.29 is 9.84 Å². The molecule has 5 nitrogen and oxygen atoms in total. The first kappa shape index (κ1) is 16.0. The van der Waals surface area contributed by atoms with Gasteiger partial charge in [0.25, 0.3) is 0 Å². The van der Waals surface area contributed by atoms with Gasteiger partial charge in [-0.25, -0.2) is 4.98 Å². The van der Waals surface area contributed by atoms with Gasteiger partial charge in [0.1, 0.15) is 5.82 Å². The van der Waals surface area contributed by atoms with Crippen molar-refractivity contribution in [1.82, 2.24) is 14.5 Å². The average Bonchev–Trinajstić information content (AvgIpc) is 2.97. The zero-order valence-corrected chi connectivity index (χ0v) is 13.9. The van der Waals surface area contributed by atoms with Crippen LogP contribution in [0.1, 0.15) is 56.1 Å². The largest absolute Gasteiger partial charge is 0.394 e. The quantitative estimate of drug-likeness (QED) is 0.925. The minimum atomic E-state index is 0.117. The molecule has 0 aliphatic carbocycles.